The standard InChI is InChI=1S/C30H29ClF3N9O3/c1-40(28(44)16-4-5-16)24-15-43-21(9-35-24)22(11-37-43)46-23-10-36-27-26(25(23)31)41(2)29(39-27)38-18-7-6-17(20(8-18)30(32,33)34)12-42-13-19(14-42)45-3/h6-11,15-16,19H,4-5,12-14H2,1-3H3,(H,36,38,39). The Bertz CT molecular complexity index is 1970. The maximum atomic E-state index is 14.0. The minimum Gasteiger partial charge on any atom is -0.450 e. The van der Waals surface area contributed by atoms with E-state index in [1.807, 2.05) is 4.90 Å². The molecule has 12 nitrogen and oxygen atoms in total. The number of hydrogen-bond donors (Lipinski definition) is 1. The number of amides is 1. The number of pyridine rings is 1. The van der Waals surface area contributed by atoms with Gasteiger partial charge in [0.25, 0.3) is 0 Å². The Morgan fingerprint density at radius 1 is 1.15 bits per heavy atom. The molecule has 16 heteroatoms. The van der Waals surface area contributed by atoms with Crippen molar-refractivity contribution in [2.24, 2.45) is 13.0 Å². The predicted octanol–water partition coefficient (Wildman–Crippen LogP) is 5.42. The number of aryl methyl sites for hydroxylation is 1. The monoisotopic (exact) mass is 655 g/mol. The summed E-state index contributed by atoms with van der Waals surface area (Å²) in [4.78, 5) is 29.1. The summed E-state index contributed by atoms with van der Waals surface area (Å²) >= 11 is 6.76. The largest absolute Gasteiger partial charge is 0.450 e. The third-order valence-corrected chi connectivity index (χ3v) is 8.67. The number of nitrogens with zero attached hydrogens (tertiary/aromatic N) is 8. The van der Waals surface area contributed by atoms with Crippen molar-refractivity contribution in [2.45, 2.75) is 31.7 Å². The first-order chi connectivity index (χ1) is 22.0. The number of rotatable bonds is 9. The number of carbonyl (C=O) groups is 1. The smallest absolute Gasteiger partial charge is 0.416 e. The summed E-state index contributed by atoms with van der Waals surface area (Å²) in [6.45, 7) is 1.34. The molecule has 0 spiro atoms. The summed E-state index contributed by atoms with van der Waals surface area (Å²) in [6.07, 6.45) is 3.39. The molecule has 1 aromatic carbocycles. The van der Waals surface area contributed by atoms with E-state index in [0.717, 1.165) is 18.9 Å². The Kier molecular flexibility index (Phi) is 7.48. The zero-order valence-corrected chi connectivity index (χ0v) is 25.8. The van der Waals surface area contributed by atoms with Gasteiger partial charge in [-0.05, 0) is 30.5 Å². The maximum Gasteiger partial charge on any atom is 0.416 e. The predicted molar refractivity (Wildman–Crippen MR) is 164 cm³/mol. The van der Waals surface area contributed by atoms with Gasteiger partial charge >= 0.3 is 6.18 Å². The van der Waals surface area contributed by atoms with Crippen LogP contribution < -0.4 is 15.0 Å². The summed E-state index contributed by atoms with van der Waals surface area (Å²) in [5.41, 5.74) is 0.897. The van der Waals surface area contributed by atoms with Gasteiger partial charge in [-0.3, -0.25) is 14.6 Å². The molecule has 5 heterocycles. The highest BCUT2D eigenvalue weighted by Crippen LogP contribution is 2.39. The van der Waals surface area contributed by atoms with E-state index in [0.29, 0.717) is 35.7 Å². The number of halogens is 4. The number of imidazole rings is 1. The molecular weight excluding hydrogens is 627 g/mol. The van der Waals surface area contributed by atoms with Gasteiger partial charge in [0.2, 0.25) is 11.9 Å². The van der Waals surface area contributed by atoms with Crippen LogP contribution in [0.2, 0.25) is 5.02 Å². The van der Waals surface area contributed by atoms with E-state index in [2.05, 4.69) is 25.4 Å². The van der Waals surface area contributed by atoms with Crippen molar-refractivity contribution in [1.29, 1.82) is 0 Å². The van der Waals surface area contributed by atoms with Crippen molar-refractivity contribution in [3.63, 3.8) is 0 Å². The first kappa shape index (κ1) is 30.2. The molecule has 7 rings (SSSR count). The minimum atomic E-state index is -4.54. The lowest BCUT2D eigenvalue weighted by atomic mass is 10.0. The fourth-order valence-electron chi connectivity index (χ4n) is 5.46. The number of nitrogens with one attached hydrogen (secondary N) is 1. The molecule has 240 valence electrons. The Hall–Kier alpha value is -4.47. The molecule has 1 saturated carbocycles. The van der Waals surface area contributed by atoms with Gasteiger partial charge in [-0.15, -0.1) is 0 Å². The van der Waals surface area contributed by atoms with Gasteiger partial charge in [-0.2, -0.15) is 23.3 Å². The number of aromatic nitrogens is 6. The van der Waals surface area contributed by atoms with Gasteiger partial charge in [-0.25, -0.2) is 14.5 Å². The lowest BCUT2D eigenvalue weighted by Gasteiger charge is -2.38. The number of hydrogen-bond acceptors (Lipinski definition) is 9. The first-order valence-electron chi connectivity index (χ1n) is 14.5. The molecule has 0 radical (unpaired) electrons. The van der Waals surface area contributed by atoms with Gasteiger partial charge in [0, 0.05) is 52.4 Å². The van der Waals surface area contributed by atoms with E-state index >= 15 is 0 Å². The number of ether oxygens (including phenoxy) is 2. The highest BCUT2D eigenvalue weighted by atomic mass is 35.5. The lowest BCUT2D eigenvalue weighted by Crippen LogP contribution is -2.51. The maximum absolute atomic E-state index is 14.0. The third kappa shape index (κ3) is 5.58. The molecule has 46 heavy (non-hydrogen) atoms. The van der Waals surface area contributed by atoms with Gasteiger partial charge < -0.3 is 19.4 Å². The molecule has 0 bridgehead atoms. The Morgan fingerprint density at radius 2 is 1.93 bits per heavy atom. The van der Waals surface area contributed by atoms with E-state index in [4.69, 9.17) is 21.1 Å². The summed E-state index contributed by atoms with van der Waals surface area (Å²) in [7, 11) is 4.95. The summed E-state index contributed by atoms with van der Waals surface area (Å²) < 4.78 is 56.6. The van der Waals surface area contributed by atoms with E-state index in [9.17, 15) is 18.0 Å². The molecule has 1 amide bonds. The van der Waals surface area contributed by atoms with Crippen molar-refractivity contribution in [1.82, 2.24) is 34.0 Å². The summed E-state index contributed by atoms with van der Waals surface area (Å²) in [6, 6.07) is 4.14. The molecule has 4 aromatic heterocycles. The van der Waals surface area contributed by atoms with E-state index in [1.54, 1.807) is 48.7 Å². The van der Waals surface area contributed by atoms with E-state index < -0.39 is 11.7 Å². The van der Waals surface area contributed by atoms with Crippen LogP contribution in [-0.2, 0) is 29.3 Å². The van der Waals surface area contributed by atoms with Crippen molar-refractivity contribution >= 4 is 51.6 Å². The molecule has 2 fully saturated rings. The SMILES string of the molecule is COC1CN(Cc2ccc(Nc3nc4ncc(Oc5cnn6cc(N(C)C(=O)C7CC7)ncc56)c(Cl)c4n3C)cc2C(F)(F)F)C1. The molecule has 2 aliphatic rings. The van der Waals surface area contributed by atoms with Gasteiger partial charge in [0.1, 0.15) is 16.1 Å². The van der Waals surface area contributed by atoms with Crippen LogP contribution in [0.3, 0.4) is 0 Å². The normalized spacial score (nSPS) is 15.8. The van der Waals surface area contributed by atoms with Crippen LogP contribution >= 0.6 is 11.6 Å². The highest BCUT2D eigenvalue weighted by Gasteiger charge is 2.36. The van der Waals surface area contributed by atoms with E-state index in [-0.39, 0.29) is 58.1 Å². The zero-order chi connectivity index (χ0) is 32.3. The van der Waals surface area contributed by atoms with E-state index in [1.165, 1.54) is 23.4 Å². The molecule has 5 aromatic rings. The molecule has 1 saturated heterocycles. The number of benzene rings is 1. The number of alkyl halides is 3. The highest BCUT2D eigenvalue weighted by molar-refractivity contribution is 6.36. The quantitative estimate of drug-likeness (QED) is 0.222. The number of anilines is 3. The second kappa shape index (κ2) is 11.4. The van der Waals surface area contributed by atoms with Gasteiger partial charge in [0.05, 0.1) is 36.5 Å². The average molecular weight is 656 g/mol. The number of likely N-dealkylation sites (tertiary alicyclic amines) is 1. The summed E-state index contributed by atoms with van der Waals surface area (Å²) in [5, 5.41) is 7.51. The second-order valence-electron chi connectivity index (χ2n) is 11.5. The molecule has 1 aliphatic heterocycles. The average Bonchev–Trinajstić information content (AvgIpc) is 3.72. The van der Waals surface area contributed by atoms with Crippen LogP contribution in [0, 0.1) is 5.92 Å². The van der Waals surface area contributed by atoms with Gasteiger partial charge in [-0.1, -0.05) is 17.7 Å². The van der Waals surface area contributed by atoms with Crippen LogP contribution in [-0.4, -0.2) is 73.3 Å². The Balaban J connectivity index is 1.12. The molecular formula is C30H29ClF3N9O3. The zero-order valence-electron chi connectivity index (χ0n) is 25.0. The second-order valence-corrected chi connectivity index (χ2v) is 11.9. The molecule has 0 unspecified atom stereocenters. The van der Waals surface area contributed by atoms with Crippen LogP contribution in [0.1, 0.15) is 24.0 Å². The molecule has 1 aliphatic carbocycles. The lowest BCUT2D eigenvalue weighted by molar-refractivity contribution is -0.138. The molecule has 0 atom stereocenters. The Morgan fingerprint density at radius 3 is 2.65 bits per heavy atom. The van der Waals surface area contributed by atoms with Crippen LogP contribution in [0.5, 0.6) is 11.5 Å². The van der Waals surface area contributed by atoms with Crippen LogP contribution in [0.15, 0.2) is 43.0 Å². The topological polar surface area (TPSA) is 115 Å². The summed E-state index contributed by atoms with van der Waals surface area (Å²) in [5.74, 6) is 1.35. The van der Waals surface area contributed by atoms with Crippen LogP contribution in [0.4, 0.5) is 30.6 Å². The minimum absolute atomic E-state index is 0.0210. The van der Waals surface area contributed by atoms with Crippen molar-refractivity contribution in [2.75, 3.05) is 37.5 Å². The number of methoxy groups -OCH3 is 1. The third-order valence-electron chi connectivity index (χ3n) is 8.30. The Labute approximate surface area is 265 Å². The van der Waals surface area contributed by atoms with Gasteiger partial charge in [0.15, 0.2) is 23.0 Å². The molecule has 1 N–H and O–H groups in total. The van der Waals surface area contributed by atoms with Crippen molar-refractivity contribution in [3.05, 3.63) is 59.1 Å². The number of fused-ring (bicyclic) bond motifs is 2. The number of carbonyl (C=O) groups excluding carboxylic acids is 1. The van der Waals surface area contributed by atoms with Crippen molar-refractivity contribution < 1.29 is 27.4 Å². The fraction of sp³-hybridized carbons (Fsp3) is 0.367. The van der Waals surface area contributed by atoms with Crippen LogP contribution in [0.25, 0.3) is 16.7 Å². The fourth-order valence-corrected chi connectivity index (χ4v) is 5.76. The van der Waals surface area contributed by atoms with Crippen molar-refractivity contribution in [3.8, 4) is 11.5 Å². The first-order valence-corrected chi connectivity index (χ1v) is 14.9.